The van der Waals surface area contributed by atoms with Gasteiger partial charge in [0.2, 0.25) is 0 Å². The van der Waals surface area contributed by atoms with Gasteiger partial charge in [-0.1, -0.05) is 20.3 Å². The maximum atomic E-state index is 11.7. The topological polar surface area (TPSA) is 17.1 Å². The number of hydrogen-bond acceptors (Lipinski definition) is 3. The second kappa shape index (κ2) is 6.71. The zero-order chi connectivity index (χ0) is 11.3. The molecule has 1 atom stereocenters. The van der Waals surface area contributed by atoms with E-state index in [2.05, 4.69) is 29.8 Å². The first-order chi connectivity index (χ1) is 7.13. The van der Waals surface area contributed by atoms with E-state index in [1.165, 1.54) is 17.8 Å². The van der Waals surface area contributed by atoms with Crippen LogP contribution in [0.15, 0.2) is 15.9 Å². The van der Waals surface area contributed by atoms with E-state index in [0.717, 1.165) is 14.4 Å². The summed E-state index contributed by atoms with van der Waals surface area (Å²) >= 11 is 6.62. The minimum absolute atomic E-state index is 0.249. The predicted molar refractivity (Wildman–Crippen MR) is 73.1 cm³/mol. The quantitative estimate of drug-likeness (QED) is 0.721. The Morgan fingerprint density at radius 2 is 2.33 bits per heavy atom. The fourth-order valence-corrected chi connectivity index (χ4v) is 3.52. The molecular formula is C11H15BrOS2. The Morgan fingerprint density at radius 1 is 1.60 bits per heavy atom. The maximum absolute atomic E-state index is 11.7. The molecule has 0 saturated heterocycles. The molecule has 0 saturated carbocycles. The summed E-state index contributed by atoms with van der Waals surface area (Å²) in [5.41, 5.74) is 0. The molecular weight excluding hydrogens is 292 g/mol. The van der Waals surface area contributed by atoms with E-state index in [4.69, 9.17) is 0 Å². The molecule has 4 heteroatoms. The number of halogens is 1. The maximum Gasteiger partial charge on any atom is 0.182 e. The third kappa shape index (κ3) is 4.70. The lowest BCUT2D eigenvalue weighted by molar-refractivity contribution is 0.102. The van der Waals surface area contributed by atoms with Crippen LogP contribution in [0.4, 0.5) is 0 Å². The average Bonchev–Trinajstić information content (AvgIpc) is 2.64. The second-order valence-electron chi connectivity index (χ2n) is 3.56. The van der Waals surface area contributed by atoms with Crippen LogP contribution < -0.4 is 0 Å². The molecule has 1 nitrogen and oxygen atoms in total. The van der Waals surface area contributed by atoms with Crippen molar-refractivity contribution in [1.29, 1.82) is 0 Å². The molecule has 1 heterocycles. The van der Waals surface area contributed by atoms with Gasteiger partial charge >= 0.3 is 0 Å². The monoisotopic (exact) mass is 306 g/mol. The van der Waals surface area contributed by atoms with E-state index in [1.807, 2.05) is 12.1 Å². The number of carbonyl (C=O) groups is 1. The standard InChI is InChI=1S/C11H15BrOS2/c1-3-8(2)6-14-7-9(13)10-4-5-11(12)15-10/h4-5,8H,3,6-7H2,1-2H3. The Bertz CT molecular complexity index is 322. The first kappa shape index (κ1) is 13.3. The lowest BCUT2D eigenvalue weighted by Gasteiger charge is -2.06. The summed E-state index contributed by atoms with van der Waals surface area (Å²) in [5.74, 6) is 2.64. The summed E-state index contributed by atoms with van der Waals surface area (Å²) in [6, 6.07) is 3.82. The van der Waals surface area contributed by atoms with Crippen LogP contribution in [0.2, 0.25) is 0 Å². The highest BCUT2D eigenvalue weighted by molar-refractivity contribution is 9.11. The minimum Gasteiger partial charge on any atom is -0.292 e. The fourth-order valence-electron chi connectivity index (χ4n) is 1.01. The summed E-state index contributed by atoms with van der Waals surface area (Å²) in [6.07, 6.45) is 1.19. The van der Waals surface area contributed by atoms with Crippen molar-refractivity contribution in [2.75, 3.05) is 11.5 Å². The molecule has 1 aromatic heterocycles. The molecule has 0 aliphatic carbocycles. The van der Waals surface area contributed by atoms with E-state index >= 15 is 0 Å². The van der Waals surface area contributed by atoms with Gasteiger partial charge in [0.1, 0.15) is 0 Å². The Hall–Kier alpha value is 0.200. The minimum atomic E-state index is 0.249. The van der Waals surface area contributed by atoms with Crippen molar-refractivity contribution in [2.24, 2.45) is 5.92 Å². The zero-order valence-corrected chi connectivity index (χ0v) is 12.2. The number of thiophene rings is 1. The van der Waals surface area contributed by atoms with Crippen molar-refractivity contribution in [3.8, 4) is 0 Å². The number of ketones is 1. The van der Waals surface area contributed by atoms with Crippen LogP contribution in [0.1, 0.15) is 29.9 Å². The van der Waals surface area contributed by atoms with Crippen molar-refractivity contribution in [3.63, 3.8) is 0 Å². The lowest BCUT2D eigenvalue weighted by Crippen LogP contribution is -2.03. The molecule has 0 aromatic carbocycles. The van der Waals surface area contributed by atoms with Crippen LogP contribution >= 0.6 is 39.0 Å². The predicted octanol–water partition coefficient (Wildman–Crippen LogP) is 4.47. The summed E-state index contributed by atoms with van der Waals surface area (Å²) in [4.78, 5) is 12.6. The van der Waals surface area contributed by atoms with Crippen LogP contribution in [0.5, 0.6) is 0 Å². The van der Waals surface area contributed by atoms with Gasteiger partial charge in [0, 0.05) is 0 Å². The third-order valence-corrected chi connectivity index (χ3v) is 5.12. The van der Waals surface area contributed by atoms with E-state index in [1.54, 1.807) is 11.8 Å². The molecule has 0 fully saturated rings. The molecule has 0 aliphatic rings. The fraction of sp³-hybridized carbons (Fsp3) is 0.545. The van der Waals surface area contributed by atoms with E-state index in [-0.39, 0.29) is 5.78 Å². The van der Waals surface area contributed by atoms with Crippen LogP contribution in [0.25, 0.3) is 0 Å². The van der Waals surface area contributed by atoms with Gasteiger partial charge in [0.25, 0.3) is 0 Å². The van der Waals surface area contributed by atoms with Crippen LogP contribution in [0, 0.1) is 5.92 Å². The second-order valence-corrected chi connectivity index (χ2v) is 7.05. The smallest absolute Gasteiger partial charge is 0.182 e. The van der Waals surface area contributed by atoms with Crippen LogP contribution in [-0.4, -0.2) is 17.3 Å². The lowest BCUT2D eigenvalue weighted by atomic mass is 10.2. The van der Waals surface area contributed by atoms with Gasteiger partial charge in [-0.05, 0) is 39.7 Å². The van der Waals surface area contributed by atoms with Crippen molar-refractivity contribution in [3.05, 3.63) is 20.8 Å². The summed E-state index contributed by atoms with van der Waals surface area (Å²) in [7, 11) is 0. The number of Topliss-reactive ketones (excluding diaryl/α,β-unsaturated/α-hetero) is 1. The summed E-state index contributed by atoms with van der Waals surface area (Å²) in [5, 5.41) is 0. The van der Waals surface area contributed by atoms with Gasteiger partial charge in [-0.2, -0.15) is 11.8 Å². The molecule has 0 spiro atoms. The van der Waals surface area contributed by atoms with Crippen molar-refractivity contribution in [2.45, 2.75) is 20.3 Å². The van der Waals surface area contributed by atoms with Gasteiger partial charge in [0.15, 0.2) is 5.78 Å². The number of rotatable bonds is 6. The van der Waals surface area contributed by atoms with Gasteiger partial charge in [-0.15, -0.1) is 11.3 Å². The first-order valence-corrected chi connectivity index (χ1v) is 7.76. The first-order valence-electron chi connectivity index (χ1n) is 4.99. The number of hydrogen-bond donors (Lipinski definition) is 0. The van der Waals surface area contributed by atoms with Crippen LogP contribution in [0.3, 0.4) is 0 Å². The Balaban J connectivity index is 2.31. The SMILES string of the molecule is CCC(C)CSCC(=O)c1ccc(Br)s1. The Morgan fingerprint density at radius 3 is 2.87 bits per heavy atom. The molecule has 0 radical (unpaired) electrons. The molecule has 1 rings (SSSR count). The summed E-state index contributed by atoms with van der Waals surface area (Å²) < 4.78 is 1.03. The van der Waals surface area contributed by atoms with Crippen LogP contribution in [-0.2, 0) is 0 Å². The highest BCUT2D eigenvalue weighted by Crippen LogP contribution is 2.23. The Labute approximate surface area is 108 Å². The van der Waals surface area contributed by atoms with Gasteiger partial charge < -0.3 is 0 Å². The highest BCUT2D eigenvalue weighted by atomic mass is 79.9. The van der Waals surface area contributed by atoms with Gasteiger partial charge in [0.05, 0.1) is 14.4 Å². The normalized spacial score (nSPS) is 12.7. The summed E-state index contributed by atoms with van der Waals surface area (Å²) in [6.45, 7) is 4.41. The van der Waals surface area contributed by atoms with Gasteiger partial charge in [-0.25, -0.2) is 0 Å². The van der Waals surface area contributed by atoms with Crippen molar-refractivity contribution in [1.82, 2.24) is 0 Å². The number of thioether (sulfide) groups is 1. The van der Waals surface area contributed by atoms with Gasteiger partial charge in [-0.3, -0.25) is 4.79 Å². The van der Waals surface area contributed by atoms with Crippen molar-refractivity contribution < 1.29 is 4.79 Å². The van der Waals surface area contributed by atoms with E-state index < -0.39 is 0 Å². The Kier molecular flexibility index (Phi) is 5.94. The molecule has 1 unspecified atom stereocenters. The molecule has 0 bridgehead atoms. The van der Waals surface area contributed by atoms with E-state index in [0.29, 0.717) is 11.7 Å². The average molecular weight is 307 g/mol. The van der Waals surface area contributed by atoms with E-state index in [9.17, 15) is 4.79 Å². The molecule has 0 N–H and O–H groups in total. The molecule has 0 amide bonds. The number of carbonyl (C=O) groups excluding carboxylic acids is 1. The van der Waals surface area contributed by atoms with Crippen molar-refractivity contribution >= 4 is 44.8 Å². The molecule has 1 aromatic rings. The molecule has 0 aliphatic heterocycles. The zero-order valence-electron chi connectivity index (χ0n) is 8.96. The molecule has 15 heavy (non-hydrogen) atoms. The highest BCUT2D eigenvalue weighted by Gasteiger charge is 2.09. The largest absolute Gasteiger partial charge is 0.292 e. The molecule has 84 valence electrons. The third-order valence-electron chi connectivity index (χ3n) is 2.18.